The highest BCUT2D eigenvalue weighted by Gasteiger charge is 2.64. The van der Waals surface area contributed by atoms with E-state index in [-0.39, 0.29) is 41.6 Å². The number of carbonyl (C=O) groups excluding carboxylic acids is 2. The molecular formula is C33H32B3ClF3N9O3. The molecule has 3 heterocycles. The summed E-state index contributed by atoms with van der Waals surface area (Å²) in [5.74, 6) is -0.698. The molecule has 4 N–H and O–H groups in total. The molecule has 2 aromatic heterocycles. The fourth-order valence-electron chi connectivity index (χ4n) is 6.36. The molecule has 0 saturated heterocycles. The summed E-state index contributed by atoms with van der Waals surface area (Å²) in [6.07, 6.45) is -1.83. The molecule has 2 aliphatic rings. The Balaban J connectivity index is 1.42. The number of nitrogens with one attached hydrogen (secondary N) is 2. The minimum Gasteiger partial charge on any atom is -0.447 e. The molecule has 1 saturated carbocycles. The highest BCUT2D eigenvalue weighted by atomic mass is 35.5. The van der Waals surface area contributed by atoms with Gasteiger partial charge >= 0.3 is 12.3 Å². The highest BCUT2D eigenvalue weighted by molar-refractivity contribution is 6.56. The van der Waals surface area contributed by atoms with E-state index in [9.17, 15) is 22.8 Å². The maximum atomic E-state index is 14.9. The number of amides is 2. The number of nitrogens with zero attached hydrogens (tertiary/aromatic N) is 6. The number of hydrogen-bond acceptors (Lipinski definition) is 8. The van der Waals surface area contributed by atoms with E-state index in [0.29, 0.717) is 11.1 Å². The number of rotatable bonds is 10. The number of aliphatic imine (C=N–C) groups is 1. The van der Waals surface area contributed by atoms with Crippen molar-refractivity contribution in [3.05, 3.63) is 77.3 Å². The van der Waals surface area contributed by atoms with Crippen LogP contribution in [0.25, 0.3) is 22.5 Å². The largest absolute Gasteiger partial charge is 0.447 e. The summed E-state index contributed by atoms with van der Waals surface area (Å²) < 4.78 is 47.5. The van der Waals surface area contributed by atoms with Gasteiger partial charge in [-0.25, -0.2) is 14.8 Å². The van der Waals surface area contributed by atoms with Crippen molar-refractivity contribution in [1.29, 1.82) is 0 Å². The third-order valence-corrected chi connectivity index (χ3v) is 9.28. The summed E-state index contributed by atoms with van der Waals surface area (Å²) in [4.78, 5) is 38.0. The van der Waals surface area contributed by atoms with Crippen molar-refractivity contribution in [2.24, 2.45) is 16.1 Å². The van der Waals surface area contributed by atoms with Crippen LogP contribution in [0.5, 0.6) is 0 Å². The second-order valence-corrected chi connectivity index (χ2v) is 14.7. The summed E-state index contributed by atoms with van der Waals surface area (Å²) in [7, 11) is 17.7. The zero-order valence-corrected chi connectivity index (χ0v) is 29.2. The van der Waals surface area contributed by atoms with E-state index in [0.717, 1.165) is 22.1 Å². The maximum Gasteiger partial charge on any atom is 0.411 e. The molecule has 1 fully saturated rings. The van der Waals surface area contributed by atoms with Crippen molar-refractivity contribution in [3.63, 3.8) is 0 Å². The Bertz CT molecular complexity index is 2010. The van der Waals surface area contributed by atoms with Crippen LogP contribution in [0.2, 0.25) is 5.02 Å². The Morgan fingerprint density at radius 3 is 2.38 bits per heavy atom. The van der Waals surface area contributed by atoms with Gasteiger partial charge in [0.05, 0.1) is 40.8 Å². The molecule has 2 atom stereocenters. The van der Waals surface area contributed by atoms with Crippen molar-refractivity contribution in [2.45, 2.75) is 68.6 Å². The molecule has 1 aliphatic heterocycles. The average Bonchev–Trinajstić information content (AvgIpc) is 3.38. The third kappa shape index (κ3) is 7.04. The predicted molar refractivity (Wildman–Crippen MR) is 189 cm³/mol. The van der Waals surface area contributed by atoms with Crippen molar-refractivity contribution in [2.75, 3.05) is 6.61 Å². The van der Waals surface area contributed by atoms with Gasteiger partial charge in [0, 0.05) is 17.3 Å². The molecule has 12 nitrogen and oxygen atoms in total. The first-order valence-electron chi connectivity index (χ1n) is 16.1. The number of alkyl halides is 3. The number of benzene rings is 2. The molecule has 0 unspecified atom stereocenters. The highest BCUT2D eigenvalue weighted by Crippen LogP contribution is 2.49. The quantitative estimate of drug-likeness (QED) is 0.205. The third-order valence-electron chi connectivity index (χ3n) is 8.95. The lowest BCUT2D eigenvalue weighted by atomic mass is 9.49. The van der Waals surface area contributed by atoms with Gasteiger partial charge in [-0.05, 0) is 58.7 Å². The lowest BCUT2D eigenvalue weighted by molar-refractivity contribution is -0.164. The molecule has 6 radical (unpaired) electrons. The lowest BCUT2D eigenvalue weighted by Gasteiger charge is -2.35. The number of H-pyrrole nitrogens is 1. The zero-order valence-electron chi connectivity index (χ0n) is 28.4. The van der Waals surface area contributed by atoms with Crippen LogP contribution in [0.15, 0.2) is 66.2 Å². The van der Waals surface area contributed by atoms with Gasteiger partial charge < -0.3 is 15.8 Å². The monoisotopic (exact) mass is 727 g/mol. The Kier molecular flexibility index (Phi) is 9.29. The number of ether oxygens (including phenoxy) is 1. The molecular weight excluding hydrogens is 695 g/mol. The summed E-state index contributed by atoms with van der Waals surface area (Å²) in [5, 5.41) is 10.9. The van der Waals surface area contributed by atoms with Crippen LogP contribution in [-0.4, -0.2) is 89.7 Å². The van der Waals surface area contributed by atoms with Crippen molar-refractivity contribution in [3.8, 4) is 22.5 Å². The van der Waals surface area contributed by atoms with Crippen LogP contribution in [0.1, 0.15) is 57.2 Å². The van der Waals surface area contributed by atoms with Gasteiger partial charge in [-0.15, -0.1) is 0 Å². The van der Waals surface area contributed by atoms with E-state index in [1.54, 1.807) is 30.6 Å². The van der Waals surface area contributed by atoms with Gasteiger partial charge in [0.15, 0.2) is 17.3 Å². The van der Waals surface area contributed by atoms with E-state index >= 15 is 0 Å². The van der Waals surface area contributed by atoms with E-state index in [1.807, 2.05) is 38.2 Å². The number of guanidine groups is 1. The first kappa shape index (κ1) is 37.0. The van der Waals surface area contributed by atoms with Gasteiger partial charge in [0.2, 0.25) is 0 Å². The number of nitrogens with two attached hydrogens (primary N) is 1. The first-order chi connectivity index (χ1) is 24.2. The van der Waals surface area contributed by atoms with E-state index < -0.39 is 52.6 Å². The summed E-state index contributed by atoms with van der Waals surface area (Å²) >= 11 is 6.59. The fourth-order valence-corrected chi connectivity index (χ4v) is 6.56. The van der Waals surface area contributed by atoms with E-state index in [1.165, 1.54) is 17.0 Å². The van der Waals surface area contributed by atoms with Crippen molar-refractivity contribution in [1.82, 2.24) is 35.2 Å². The van der Waals surface area contributed by atoms with Gasteiger partial charge in [0.25, 0.3) is 5.91 Å². The lowest BCUT2D eigenvalue weighted by Crippen LogP contribution is -2.50. The molecule has 264 valence electrons. The Morgan fingerprint density at radius 2 is 1.81 bits per heavy atom. The topological polar surface area (TPSA) is 156 Å². The number of alkyl carbamates (subject to hydrolysis) is 1. The minimum atomic E-state index is -4.68. The number of aromatic amines is 1. The number of aromatic nitrogens is 5. The van der Waals surface area contributed by atoms with Crippen molar-refractivity contribution < 1.29 is 27.5 Å². The van der Waals surface area contributed by atoms with Crippen molar-refractivity contribution >= 4 is 53.1 Å². The predicted octanol–water partition coefficient (Wildman–Crippen LogP) is 4.41. The second-order valence-electron chi connectivity index (χ2n) is 14.2. The van der Waals surface area contributed by atoms with Crippen LogP contribution >= 0.6 is 11.6 Å². The molecule has 4 aromatic rings. The van der Waals surface area contributed by atoms with Crippen LogP contribution in [-0.2, 0) is 20.3 Å². The zero-order chi connectivity index (χ0) is 37.9. The normalized spacial score (nSPS) is 19.3. The number of carbonyl (C=O) groups is 2. The van der Waals surface area contributed by atoms with Gasteiger partial charge in [-0.2, -0.15) is 23.4 Å². The average molecular weight is 728 g/mol. The number of halogens is 4. The Hall–Kier alpha value is -4.73. The van der Waals surface area contributed by atoms with E-state index in [4.69, 9.17) is 50.6 Å². The molecule has 0 spiro atoms. The maximum absolute atomic E-state index is 14.9. The summed E-state index contributed by atoms with van der Waals surface area (Å²) in [6, 6.07) is 10.5. The van der Waals surface area contributed by atoms with Crippen LogP contribution in [0.4, 0.5) is 18.0 Å². The van der Waals surface area contributed by atoms with Gasteiger partial charge in [-0.1, -0.05) is 62.7 Å². The second kappa shape index (κ2) is 13.0. The molecule has 52 heavy (non-hydrogen) atoms. The Morgan fingerprint density at radius 1 is 1.12 bits per heavy atom. The molecule has 6 rings (SSSR count). The molecule has 2 aromatic carbocycles. The summed E-state index contributed by atoms with van der Waals surface area (Å²) in [6.45, 7) is 5.21. The number of hydrogen-bond donors (Lipinski definition) is 3. The molecule has 2 amide bonds. The first-order valence-corrected chi connectivity index (χ1v) is 16.5. The SMILES string of the molecule is [B]C([B])([B])n1ncnc1-c1cc([C@@H](COC(=O)NC2(C(F)(F)F)CC2)N2C(=O)[C@@](CC(C)(C)C)(c3ccc(-c4cn[nH]c4)cc3)N=C2N)ccc1Cl. The fraction of sp³-hybridized carbons (Fsp3) is 0.394. The van der Waals surface area contributed by atoms with Crippen LogP contribution < -0.4 is 11.1 Å². The smallest absolute Gasteiger partial charge is 0.411 e. The van der Waals surface area contributed by atoms with Crippen LogP contribution in [0, 0.1) is 5.41 Å². The van der Waals surface area contributed by atoms with Crippen LogP contribution in [0.3, 0.4) is 0 Å². The van der Waals surface area contributed by atoms with Gasteiger partial charge in [-0.3, -0.25) is 19.5 Å². The standard InChI is InChI=1S/C33H32B3ClF3N9O3/c1-29(2,3)16-31(21-7-4-18(5-8-21)20-13-43-44-14-20)26(50)48(27(41)46-31)24(15-52-28(51)47-30(10-11-30)32(38,39)40)19-6-9-23(37)22(12-19)25-42-17-45-49(25)33(34,35)36/h4-9,12-14,17,24H,10-11,15-16H2,1-3H3,(H2,41,46)(H,43,44)(H,47,51)/t24-,31-/m1/s1. The Labute approximate surface area is 306 Å². The van der Waals surface area contributed by atoms with Gasteiger partial charge in [0.1, 0.15) is 18.5 Å². The summed E-state index contributed by atoms with van der Waals surface area (Å²) in [5.41, 5.74) is 4.96. The molecule has 1 aliphatic carbocycles. The minimum absolute atomic E-state index is 0.0618. The van der Waals surface area contributed by atoms with E-state index in [2.05, 4.69) is 20.3 Å². The molecule has 0 bridgehead atoms. The molecule has 19 heteroatoms.